The van der Waals surface area contributed by atoms with Gasteiger partial charge in [0.05, 0.1) is 24.4 Å². The molecule has 0 atom stereocenters. The van der Waals surface area contributed by atoms with Crippen molar-refractivity contribution in [2.75, 3.05) is 17.7 Å². The van der Waals surface area contributed by atoms with E-state index in [1.165, 1.54) is 0 Å². The molecule has 0 aliphatic carbocycles. The van der Waals surface area contributed by atoms with Crippen LogP contribution in [0.2, 0.25) is 0 Å². The van der Waals surface area contributed by atoms with Gasteiger partial charge in [-0.3, -0.25) is 9.48 Å². The third kappa shape index (κ3) is 3.28. The number of hydrogen-bond donors (Lipinski definition) is 2. The SMILES string of the molecule is Cc1nn(C)c(NC(=O)CCOc2ccccc2)c1N. The second kappa shape index (κ2) is 6.10. The number of nitrogen functional groups attached to an aromatic ring is 1. The maximum Gasteiger partial charge on any atom is 0.229 e. The van der Waals surface area contributed by atoms with Crippen LogP contribution < -0.4 is 15.8 Å². The molecule has 20 heavy (non-hydrogen) atoms. The summed E-state index contributed by atoms with van der Waals surface area (Å²) in [4.78, 5) is 11.8. The van der Waals surface area contributed by atoms with Crippen molar-refractivity contribution >= 4 is 17.4 Å². The van der Waals surface area contributed by atoms with Crippen molar-refractivity contribution in [2.24, 2.45) is 7.05 Å². The Morgan fingerprint density at radius 2 is 2.10 bits per heavy atom. The number of amides is 1. The fourth-order valence-electron chi connectivity index (χ4n) is 1.80. The molecular formula is C14H18N4O2. The summed E-state index contributed by atoms with van der Waals surface area (Å²) in [6, 6.07) is 9.37. The fraction of sp³-hybridized carbons (Fsp3) is 0.286. The lowest BCUT2D eigenvalue weighted by atomic mass is 10.3. The monoisotopic (exact) mass is 274 g/mol. The summed E-state index contributed by atoms with van der Waals surface area (Å²) in [5.74, 6) is 1.11. The van der Waals surface area contributed by atoms with Gasteiger partial charge in [0.15, 0.2) is 5.82 Å². The Bertz CT molecular complexity index is 593. The van der Waals surface area contributed by atoms with E-state index < -0.39 is 0 Å². The van der Waals surface area contributed by atoms with E-state index in [0.717, 1.165) is 5.75 Å². The first-order valence-corrected chi connectivity index (χ1v) is 6.34. The van der Waals surface area contributed by atoms with Gasteiger partial charge >= 0.3 is 0 Å². The molecule has 0 radical (unpaired) electrons. The number of anilines is 2. The lowest BCUT2D eigenvalue weighted by Crippen LogP contribution is -2.18. The van der Waals surface area contributed by atoms with Crippen LogP contribution in [-0.4, -0.2) is 22.3 Å². The number of hydrogen-bond acceptors (Lipinski definition) is 4. The largest absolute Gasteiger partial charge is 0.493 e. The molecule has 1 aromatic carbocycles. The van der Waals surface area contributed by atoms with Crippen LogP contribution in [0.1, 0.15) is 12.1 Å². The second-order valence-corrected chi connectivity index (χ2v) is 4.43. The molecule has 0 unspecified atom stereocenters. The van der Waals surface area contributed by atoms with Gasteiger partial charge in [0.25, 0.3) is 0 Å². The number of nitrogens with one attached hydrogen (secondary N) is 1. The van der Waals surface area contributed by atoms with Crippen LogP contribution in [0.25, 0.3) is 0 Å². The van der Waals surface area contributed by atoms with Crippen LogP contribution in [0, 0.1) is 6.92 Å². The number of nitrogens with zero attached hydrogens (tertiary/aromatic N) is 2. The van der Waals surface area contributed by atoms with Crippen LogP contribution in [0.3, 0.4) is 0 Å². The zero-order valence-corrected chi connectivity index (χ0v) is 11.6. The van der Waals surface area contributed by atoms with Gasteiger partial charge in [0.1, 0.15) is 5.75 Å². The molecule has 3 N–H and O–H groups in total. The van der Waals surface area contributed by atoms with E-state index in [9.17, 15) is 4.79 Å². The van der Waals surface area contributed by atoms with Crippen LogP contribution in [0.4, 0.5) is 11.5 Å². The molecule has 6 nitrogen and oxygen atoms in total. The highest BCUT2D eigenvalue weighted by Crippen LogP contribution is 2.20. The molecule has 1 heterocycles. The van der Waals surface area contributed by atoms with E-state index in [0.29, 0.717) is 23.8 Å². The van der Waals surface area contributed by atoms with Crippen molar-refractivity contribution in [1.29, 1.82) is 0 Å². The highest BCUT2D eigenvalue weighted by Gasteiger charge is 2.12. The first-order chi connectivity index (χ1) is 9.58. The molecule has 0 bridgehead atoms. The lowest BCUT2D eigenvalue weighted by Gasteiger charge is -2.08. The minimum atomic E-state index is -0.157. The predicted molar refractivity (Wildman–Crippen MR) is 77.5 cm³/mol. The van der Waals surface area contributed by atoms with Gasteiger partial charge in [-0.1, -0.05) is 18.2 Å². The summed E-state index contributed by atoms with van der Waals surface area (Å²) in [7, 11) is 1.74. The predicted octanol–water partition coefficient (Wildman–Crippen LogP) is 1.72. The van der Waals surface area contributed by atoms with Gasteiger partial charge in [0, 0.05) is 7.05 Å². The summed E-state index contributed by atoms with van der Waals surface area (Å²) >= 11 is 0. The number of aryl methyl sites for hydroxylation is 2. The molecule has 0 aliphatic rings. The molecular weight excluding hydrogens is 256 g/mol. The van der Waals surface area contributed by atoms with E-state index in [1.54, 1.807) is 18.7 Å². The minimum absolute atomic E-state index is 0.157. The Balaban J connectivity index is 1.84. The summed E-state index contributed by atoms with van der Waals surface area (Å²) in [5, 5.41) is 6.88. The molecule has 0 saturated carbocycles. The average molecular weight is 274 g/mol. The number of ether oxygens (including phenoxy) is 1. The molecule has 106 valence electrons. The zero-order valence-electron chi connectivity index (χ0n) is 11.6. The third-order valence-corrected chi connectivity index (χ3v) is 2.87. The zero-order chi connectivity index (χ0) is 14.5. The molecule has 0 spiro atoms. The molecule has 0 saturated heterocycles. The summed E-state index contributed by atoms with van der Waals surface area (Å²) in [6.07, 6.45) is 0.249. The Morgan fingerprint density at radius 3 is 2.70 bits per heavy atom. The molecule has 6 heteroatoms. The van der Waals surface area contributed by atoms with Crippen LogP contribution in [0.15, 0.2) is 30.3 Å². The lowest BCUT2D eigenvalue weighted by molar-refractivity contribution is -0.116. The average Bonchev–Trinajstić information content (AvgIpc) is 2.67. The fourth-order valence-corrected chi connectivity index (χ4v) is 1.80. The third-order valence-electron chi connectivity index (χ3n) is 2.87. The van der Waals surface area contributed by atoms with Crippen molar-refractivity contribution < 1.29 is 9.53 Å². The molecule has 2 rings (SSSR count). The van der Waals surface area contributed by atoms with Crippen molar-refractivity contribution in [1.82, 2.24) is 9.78 Å². The number of para-hydroxylation sites is 1. The number of rotatable bonds is 5. The summed E-state index contributed by atoms with van der Waals surface area (Å²) in [5.41, 5.74) is 7.03. The van der Waals surface area contributed by atoms with Crippen molar-refractivity contribution in [3.63, 3.8) is 0 Å². The number of carbonyl (C=O) groups excluding carboxylic acids is 1. The van der Waals surface area contributed by atoms with Gasteiger partial charge in [-0.2, -0.15) is 5.10 Å². The minimum Gasteiger partial charge on any atom is -0.493 e. The van der Waals surface area contributed by atoms with Gasteiger partial charge in [0.2, 0.25) is 5.91 Å². The van der Waals surface area contributed by atoms with Crippen LogP contribution in [0.5, 0.6) is 5.75 Å². The molecule has 0 fully saturated rings. The van der Waals surface area contributed by atoms with Crippen LogP contribution in [-0.2, 0) is 11.8 Å². The summed E-state index contributed by atoms with van der Waals surface area (Å²) < 4.78 is 7.02. The van der Waals surface area contributed by atoms with E-state index >= 15 is 0 Å². The van der Waals surface area contributed by atoms with Crippen molar-refractivity contribution in [3.8, 4) is 5.75 Å². The highest BCUT2D eigenvalue weighted by atomic mass is 16.5. The topological polar surface area (TPSA) is 82.2 Å². The van der Waals surface area contributed by atoms with Gasteiger partial charge in [-0.15, -0.1) is 0 Å². The number of aromatic nitrogens is 2. The van der Waals surface area contributed by atoms with E-state index in [4.69, 9.17) is 10.5 Å². The van der Waals surface area contributed by atoms with Crippen LogP contribution >= 0.6 is 0 Å². The normalized spacial score (nSPS) is 10.3. The van der Waals surface area contributed by atoms with Crippen molar-refractivity contribution in [3.05, 3.63) is 36.0 Å². The maximum atomic E-state index is 11.8. The van der Waals surface area contributed by atoms with Gasteiger partial charge in [-0.25, -0.2) is 0 Å². The number of nitrogens with two attached hydrogens (primary N) is 1. The standard InChI is InChI=1S/C14H18N4O2/c1-10-13(15)14(18(2)17-10)16-12(19)8-9-20-11-6-4-3-5-7-11/h3-7H,8-9,15H2,1-2H3,(H,16,19). The van der Waals surface area contributed by atoms with Gasteiger partial charge < -0.3 is 15.8 Å². The Labute approximate surface area is 117 Å². The van der Waals surface area contributed by atoms with Gasteiger partial charge in [-0.05, 0) is 19.1 Å². The highest BCUT2D eigenvalue weighted by molar-refractivity contribution is 5.93. The number of benzene rings is 1. The first kappa shape index (κ1) is 13.9. The van der Waals surface area contributed by atoms with Crippen molar-refractivity contribution in [2.45, 2.75) is 13.3 Å². The summed E-state index contributed by atoms with van der Waals surface area (Å²) in [6.45, 7) is 2.11. The Morgan fingerprint density at radius 1 is 1.40 bits per heavy atom. The van der Waals surface area contributed by atoms with E-state index in [-0.39, 0.29) is 12.3 Å². The second-order valence-electron chi connectivity index (χ2n) is 4.43. The maximum absolute atomic E-state index is 11.8. The first-order valence-electron chi connectivity index (χ1n) is 6.34. The van der Waals surface area contributed by atoms with E-state index in [2.05, 4.69) is 10.4 Å². The Hall–Kier alpha value is -2.50. The number of carbonyl (C=O) groups is 1. The smallest absolute Gasteiger partial charge is 0.229 e. The molecule has 0 aliphatic heterocycles. The molecule has 1 aromatic heterocycles. The molecule has 1 amide bonds. The quantitative estimate of drug-likeness (QED) is 0.869. The van der Waals surface area contributed by atoms with E-state index in [1.807, 2.05) is 30.3 Å². The Kier molecular flexibility index (Phi) is 4.24. The molecule has 2 aromatic rings.